The van der Waals surface area contributed by atoms with E-state index in [1.165, 1.54) is 0 Å². The van der Waals surface area contributed by atoms with Crippen LogP contribution in [0.1, 0.15) is 0 Å². The lowest BCUT2D eigenvalue weighted by Gasteiger charge is -1.99. The van der Waals surface area contributed by atoms with Gasteiger partial charge in [0.2, 0.25) is 0 Å². The van der Waals surface area contributed by atoms with Crippen LogP contribution in [0, 0.1) is 0 Å². The SMILES string of the molecule is CS(=O)(=O)CS(=O)CS(=O)CSO. The first-order valence-corrected chi connectivity index (χ1v) is 8.97. The van der Waals surface area contributed by atoms with Gasteiger partial charge >= 0.3 is 0 Å². The van der Waals surface area contributed by atoms with Gasteiger partial charge < -0.3 is 4.55 Å². The molecule has 0 bridgehead atoms. The molecule has 0 heterocycles. The molecule has 0 rings (SSSR count). The molecule has 2 unspecified atom stereocenters. The molecular weight excluding hydrogens is 256 g/mol. The molecule has 0 aromatic rings. The van der Waals surface area contributed by atoms with Crippen LogP contribution < -0.4 is 0 Å². The van der Waals surface area contributed by atoms with Gasteiger partial charge in [-0.25, -0.2) is 8.42 Å². The second kappa shape index (κ2) is 6.12. The molecule has 5 nitrogen and oxygen atoms in total. The third-order valence-electron chi connectivity index (χ3n) is 0.793. The maximum Gasteiger partial charge on any atom is 0.159 e. The summed E-state index contributed by atoms with van der Waals surface area (Å²) < 4.78 is 51.4. The molecule has 0 radical (unpaired) electrons. The van der Waals surface area contributed by atoms with Crippen LogP contribution in [0.5, 0.6) is 0 Å². The minimum absolute atomic E-state index is 0.0461. The highest BCUT2D eigenvalue weighted by molar-refractivity contribution is 8.14. The molecular formula is C4H10O5S4. The smallest absolute Gasteiger partial charge is 0.159 e. The first kappa shape index (κ1) is 13.6. The summed E-state index contributed by atoms with van der Waals surface area (Å²) in [5, 5.41) is -0.731. The Morgan fingerprint density at radius 2 is 1.85 bits per heavy atom. The molecule has 0 saturated carbocycles. The summed E-state index contributed by atoms with van der Waals surface area (Å²) in [6.45, 7) is 0. The summed E-state index contributed by atoms with van der Waals surface area (Å²) in [6.07, 6.45) is 0.967. The van der Waals surface area contributed by atoms with Gasteiger partial charge in [-0.05, 0) is 0 Å². The molecule has 0 spiro atoms. The predicted octanol–water partition coefficient (Wildman–Crippen LogP) is -0.393. The molecule has 80 valence electrons. The number of sulfone groups is 1. The van der Waals surface area contributed by atoms with Gasteiger partial charge in [0.25, 0.3) is 0 Å². The normalized spacial score (nSPS) is 16.8. The monoisotopic (exact) mass is 266 g/mol. The van der Waals surface area contributed by atoms with Gasteiger partial charge in [0.05, 0.1) is 5.08 Å². The topological polar surface area (TPSA) is 88.5 Å². The van der Waals surface area contributed by atoms with E-state index in [4.69, 9.17) is 4.55 Å². The highest BCUT2D eigenvalue weighted by atomic mass is 32.3. The van der Waals surface area contributed by atoms with Crippen LogP contribution in [0.3, 0.4) is 0 Å². The molecule has 0 aliphatic heterocycles. The zero-order valence-corrected chi connectivity index (χ0v) is 10.1. The van der Waals surface area contributed by atoms with E-state index in [1.807, 2.05) is 0 Å². The summed E-state index contributed by atoms with van der Waals surface area (Å²) in [5.41, 5.74) is 0. The van der Waals surface area contributed by atoms with Crippen LogP contribution in [-0.4, -0.2) is 42.9 Å². The second-order valence-corrected chi connectivity index (χ2v) is 8.99. The summed E-state index contributed by atoms with van der Waals surface area (Å²) in [4.78, 5) is 0. The minimum Gasteiger partial charge on any atom is -0.329 e. The average molecular weight is 266 g/mol. The molecule has 1 N–H and O–H groups in total. The fraction of sp³-hybridized carbons (Fsp3) is 1.00. The Bertz CT molecular complexity index is 294. The van der Waals surface area contributed by atoms with Crippen LogP contribution in [0.15, 0.2) is 0 Å². The van der Waals surface area contributed by atoms with Crippen LogP contribution in [0.4, 0.5) is 0 Å². The highest BCUT2D eigenvalue weighted by Crippen LogP contribution is 1.99. The van der Waals surface area contributed by atoms with Gasteiger partial charge in [-0.2, -0.15) is 0 Å². The lowest BCUT2D eigenvalue weighted by atomic mass is 11.8. The molecule has 9 heteroatoms. The number of rotatable bonds is 6. The van der Waals surface area contributed by atoms with E-state index in [0.717, 1.165) is 6.26 Å². The summed E-state index contributed by atoms with van der Waals surface area (Å²) in [6, 6.07) is 0. The average Bonchev–Trinajstić information content (AvgIpc) is 1.81. The first-order chi connectivity index (χ1) is 5.85. The molecule has 13 heavy (non-hydrogen) atoms. The van der Waals surface area contributed by atoms with Gasteiger partial charge in [-0.3, -0.25) is 8.42 Å². The molecule has 0 aromatic heterocycles. The van der Waals surface area contributed by atoms with E-state index in [-0.39, 0.29) is 10.2 Å². The maximum absolute atomic E-state index is 11.0. The quantitative estimate of drug-likeness (QED) is 0.659. The van der Waals surface area contributed by atoms with Crippen molar-refractivity contribution in [3.05, 3.63) is 0 Å². The van der Waals surface area contributed by atoms with Crippen molar-refractivity contribution in [2.45, 2.75) is 0 Å². The molecule has 0 aromatic carbocycles. The lowest BCUT2D eigenvalue weighted by Crippen LogP contribution is -2.15. The van der Waals surface area contributed by atoms with Crippen molar-refractivity contribution in [2.75, 3.05) is 21.5 Å². The molecule has 0 saturated heterocycles. The molecule has 0 fully saturated rings. The maximum atomic E-state index is 11.0. The van der Waals surface area contributed by atoms with Crippen LogP contribution in [0.25, 0.3) is 0 Å². The van der Waals surface area contributed by atoms with Gasteiger partial charge in [-0.1, -0.05) is 0 Å². The second-order valence-electron chi connectivity index (χ2n) is 2.29. The standard InChI is InChI=1S/C4H10O5S4/c1-13(8,9)4-12(7)3-11(6)2-10-5/h5H,2-4H2,1H3. The Hall–Kier alpha value is 0.560. The predicted molar refractivity (Wildman–Crippen MR) is 55.9 cm³/mol. The van der Waals surface area contributed by atoms with Crippen molar-refractivity contribution in [1.82, 2.24) is 0 Å². The fourth-order valence-corrected chi connectivity index (χ4v) is 5.83. The molecule has 0 aliphatic carbocycles. The Morgan fingerprint density at radius 1 is 1.31 bits per heavy atom. The minimum atomic E-state index is -3.29. The van der Waals surface area contributed by atoms with Crippen molar-refractivity contribution in [2.24, 2.45) is 0 Å². The van der Waals surface area contributed by atoms with Crippen molar-refractivity contribution < 1.29 is 21.4 Å². The zero-order valence-electron chi connectivity index (χ0n) is 6.83. The van der Waals surface area contributed by atoms with E-state index in [0.29, 0.717) is 12.0 Å². The van der Waals surface area contributed by atoms with Gasteiger partial charge in [0.15, 0.2) is 9.84 Å². The van der Waals surface area contributed by atoms with Gasteiger partial charge in [0, 0.05) is 39.9 Å². The Kier molecular flexibility index (Phi) is 6.38. The van der Waals surface area contributed by atoms with E-state index in [2.05, 4.69) is 0 Å². The van der Waals surface area contributed by atoms with Crippen LogP contribution in [0.2, 0.25) is 0 Å². The number of hydrogen-bond acceptors (Lipinski definition) is 6. The fourth-order valence-electron chi connectivity index (χ4n) is 0.512. The Balaban J connectivity index is 3.96. The third kappa shape index (κ3) is 8.88. The third-order valence-corrected chi connectivity index (χ3v) is 7.13. The summed E-state index contributed by atoms with van der Waals surface area (Å²) in [7, 11) is -6.36. The highest BCUT2D eigenvalue weighted by Gasteiger charge is 2.12. The molecule has 0 aliphatic rings. The van der Waals surface area contributed by atoms with E-state index < -0.39 is 36.5 Å². The number of hydrogen-bond donors (Lipinski definition) is 1. The largest absolute Gasteiger partial charge is 0.329 e. The van der Waals surface area contributed by atoms with Crippen molar-refractivity contribution in [3.63, 3.8) is 0 Å². The van der Waals surface area contributed by atoms with Crippen molar-refractivity contribution in [1.29, 1.82) is 0 Å². The van der Waals surface area contributed by atoms with Crippen molar-refractivity contribution >= 4 is 43.5 Å². The lowest BCUT2D eigenvalue weighted by molar-refractivity contribution is 0.605. The summed E-state index contributed by atoms with van der Waals surface area (Å²) in [5.74, 6) is 0. The zero-order chi connectivity index (χ0) is 10.5. The van der Waals surface area contributed by atoms with Gasteiger partial charge in [0.1, 0.15) is 10.2 Å². The summed E-state index contributed by atoms with van der Waals surface area (Å²) >= 11 is 0.386. The van der Waals surface area contributed by atoms with Crippen LogP contribution in [-0.2, 0) is 31.4 Å². The van der Waals surface area contributed by atoms with E-state index >= 15 is 0 Å². The van der Waals surface area contributed by atoms with Gasteiger partial charge in [-0.15, -0.1) is 0 Å². The first-order valence-electron chi connectivity index (χ1n) is 2.99. The molecule has 2 atom stereocenters. The Morgan fingerprint density at radius 3 is 2.23 bits per heavy atom. The Labute approximate surface area is 86.3 Å². The van der Waals surface area contributed by atoms with Crippen molar-refractivity contribution in [3.8, 4) is 0 Å². The van der Waals surface area contributed by atoms with E-state index in [1.54, 1.807) is 0 Å². The molecule has 0 amide bonds. The van der Waals surface area contributed by atoms with E-state index in [9.17, 15) is 16.8 Å². The van der Waals surface area contributed by atoms with Crippen LogP contribution >= 0.6 is 12.0 Å².